The maximum absolute atomic E-state index is 14.7. The quantitative estimate of drug-likeness (QED) is 0.421. The van der Waals surface area contributed by atoms with Crippen LogP contribution in [0.5, 0.6) is 17.2 Å². The number of benzene rings is 3. The molecule has 2 atom stereocenters. The van der Waals surface area contributed by atoms with Crippen LogP contribution in [0, 0.1) is 5.82 Å². The Hall–Kier alpha value is -3.34. The van der Waals surface area contributed by atoms with Crippen LogP contribution in [0.3, 0.4) is 0 Å². The number of nitrogens with two attached hydrogens (primary N) is 1. The molecule has 0 saturated carbocycles. The summed E-state index contributed by atoms with van der Waals surface area (Å²) in [5.41, 5.74) is 5.56. The van der Waals surface area contributed by atoms with E-state index >= 15 is 0 Å². The molecule has 0 heterocycles. The highest BCUT2D eigenvalue weighted by atomic mass is 35.5. The summed E-state index contributed by atoms with van der Waals surface area (Å²) in [4.78, 5) is 12.2. The van der Waals surface area contributed by atoms with Crippen molar-refractivity contribution in [2.24, 2.45) is 5.73 Å². The standard InChI is InChI=1S/C24H24ClFN2O6S/c1-32-19-10-8-15(12-21(19)34-3)35(31)28(13-22(27)29)18-9-7-14(25)11-16(18)24(30)23-17(26)5-4-6-20(23)33-2/h4-12,24,30H,13H2,1-3H3,(H2,27,29). The van der Waals surface area contributed by atoms with E-state index in [1.807, 2.05) is 0 Å². The fourth-order valence-electron chi connectivity index (χ4n) is 3.51. The molecule has 3 aromatic rings. The molecule has 0 spiro atoms. The Labute approximate surface area is 209 Å². The first-order chi connectivity index (χ1) is 16.7. The van der Waals surface area contributed by atoms with Crippen LogP contribution in [-0.2, 0) is 15.8 Å². The number of methoxy groups -OCH3 is 3. The van der Waals surface area contributed by atoms with Gasteiger partial charge in [-0.15, -0.1) is 0 Å². The van der Waals surface area contributed by atoms with Crippen molar-refractivity contribution in [3.63, 3.8) is 0 Å². The molecule has 0 aliphatic rings. The molecule has 1 amide bonds. The fourth-order valence-corrected chi connectivity index (χ4v) is 4.93. The van der Waals surface area contributed by atoms with Crippen LogP contribution in [0.15, 0.2) is 59.5 Å². The van der Waals surface area contributed by atoms with Crippen molar-refractivity contribution in [2.45, 2.75) is 11.0 Å². The molecule has 0 aromatic heterocycles. The predicted molar refractivity (Wildman–Crippen MR) is 131 cm³/mol. The number of primary amides is 1. The molecule has 11 heteroatoms. The Morgan fingerprint density at radius 2 is 1.74 bits per heavy atom. The number of carbonyl (C=O) groups excluding carboxylic acids is 1. The molecule has 0 saturated heterocycles. The number of aliphatic hydroxyl groups excluding tert-OH is 1. The molecule has 3 aromatic carbocycles. The van der Waals surface area contributed by atoms with Gasteiger partial charge >= 0.3 is 0 Å². The number of ether oxygens (including phenoxy) is 3. The van der Waals surface area contributed by atoms with Gasteiger partial charge in [-0.05, 0) is 42.5 Å². The lowest BCUT2D eigenvalue weighted by Gasteiger charge is -2.27. The van der Waals surface area contributed by atoms with Crippen LogP contribution in [0.1, 0.15) is 17.2 Å². The topological polar surface area (TPSA) is 111 Å². The number of amides is 1. The first-order valence-corrected chi connectivity index (χ1v) is 11.7. The molecular weight excluding hydrogens is 499 g/mol. The average molecular weight is 523 g/mol. The molecule has 3 rings (SSSR count). The van der Waals surface area contributed by atoms with E-state index in [0.29, 0.717) is 11.5 Å². The Morgan fingerprint density at radius 3 is 2.37 bits per heavy atom. The smallest absolute Gasteiger partial charge is 0.238 e. The van der Waals surface area contributed by atoms with Crippen LogP contribution >= 0.6 is 11.6 Å². The monoisotopic (exact) mass is 522 g/mol. The summed E-state index contributed by atoms with van der Waals surface area (Å²) in [6.45, 7) is -0.475. The van der Waals surface area contributed by atoms with Gasteiger partial charge in [-0.3, -0.25) is 9.10 Å². The molecular formula is C24H24ClFN2O6S. The number of anilines is 1. The number of hydrogen-bond donors (Lipinski definition) is 2. The zero-order valence-electron chi connectivity index (χ0n) is 19.2. The minimum absolute atomic E-state index is 0.0935. The minimum atomic E-state index is -2.00. The molecule has 0 bridgehead atoms. The van der Waals surface area contributed by atoms with E-state index in [-0.39, 0.29) is 32.5 Å². The van der Waals surface area contributed by atoms with E-state index in [9.17, 15) is 18.5 Å². The Morgan fingerprint density at radius 1 is 1.06 bits per heavy atom. The van der Waals surface area contributed by atoms with E-state index in [0.717, 1.165) is 0 Å². The molecule has 0 fully saturated rings. The second kappa shape index (κ2) is 11.4. The Balaban J connectivity index is 2.17. The molecule has 3 N–H and O–H groups in total. The van der Waals surface area contributed by atoms with Crippen molar-refractivity contribution in [3.05, 3.63) is 76.6 Å². The SMILES string of the molecule is COc1ccc(S(=O)N(CC(N)=O)c2ccc(Cl)cc2C(O)c2c(F)cccc2OC)cc1OC. The number of hydrogen-bond acceptors (Lipinski definition) is 6. The van der Waals surface area contributed by atoms with Crippen molar-refractivity contribution in [1.29, 1.82) is 0 Å². The van der Waals surface area contributed by atoms with Gasteiger partial charge in [0.2, 0.25) is 5.91 Å². The summed E-state index contributed by atoms with van der Waals surface area (Å²) in [6.07, 6.45) is -1.57. The zero-order chi connectivity index (χ0) is 25.7. The molecule has 0 aliphatic heterocycles. The summed E-state index contributed by atoms with van der Waals surface area (Å²) < 4.78 is 45.3. The normalized spacial score (nSPS) is 12.5. The molecule has 35 heavy (non-hydrogen) atoms. The third-order valence-electron chi connectivity index (χ3n) is 5.12. The van der Waals surface area contributed by atoms with Crippen molar-refractivity contribution in [1.82, 2.24) is 0 Å². The summed E-state index contributed by atoms with van der Waals surface area (Å²) >= 11 is 6.19. The van der Waals surface area contributed by atoms with Crippen molar-refractivity contribution in [2.75, 3.05) is 32.2 Å². The molecule has 2 unspecified atom stereocenters. The van der Waals surface area contributed by atoms with Crippen LogP contribution in [-0.4, -0.2) is 43.1 Å². The zero-order valence-corrected chi connectivity index (χ0v) is 20.7. The minimum Gasteiger partial charge on any atom is -0.496 e. The molecule has 186 valence electrons. The summed E-state index contributed by atoms with van der Waals surface area (Å²) in [7, 11) is 2.24. The van der Waals surface area contributed by atoms with Gasteiger partial charge in [-0.1, -0.05) is 17.7 Å². The second-order valence-corrected chi connectivity index (χ2v) is 9.08. The fraction of sp³-hybridized carbons (Fsp3) is 0.208. The lowest BCUT2D eigenvalue weighted by molar-refractivity contribution is -0.116. The maximum atomic E-state index is 14.7. The average Bonchev–Trinajstić information content (AvgIpc) is 2.85. The van der Waals surface area contributed by atoms with E-state index in [1.165, 1.54) is 74.2 Å². The van der Waals surface area contributed by atoms with Gasteiger partial charge in [-0.25, -0.2) is 8.60 Å². The van der Waals surface area contributed by atoms with Crippen molar-refractivity contribution in [3.8, 4) is 17.2 Å². The van der Waals surface area contributed by atoms with Crippen LogP contribution < -0.4 is 24.2 Å². The lowest BCUT2D eigenvalue weighted by atomic mass is 9.98. The van der Waals surface area contributed by atoms with Gasteiger partial charge in [-0.2, -0.15) is 0 Å². The largest absolute Gasteiger partial charge is 0.496 e. The van der Waals surface area contributed by atoms with Crippen molar-refractivity contribution < 1.29 is 32.7 Å². The van der Waals surface area contributed by atoms with E-state index < -0.39 is 35.4 Å². The Bertz CT molecular complexity index is 1260. The summed E-state index contributed by atoms with van der Waals surface area (Å²) in [5, 5.41) is 11.4. The number of carbonyl (C=O) groups is 1. The third kappa shape index (κ3) is 5.67. The maximum Gasteiger partial charge on any atom is 0.238 e. The summed E-state index contributed by atoms with van der Waals surface area (Å²) in [6, 6.07) is 13.1. The number of nitrogens with zero attached hydrogens (tertiary/aromatic N) is 1. The summed E-state index contributed by atoms with van der Waals surface area (Å²) in [5.74, 6) is -0.650. The van der Waals surface area contributed by atoms with Gasteiger partial charge in [0.15, 0.2) is 22.5 Å². The van der Waals surface area contributed by atoms with E-state index in [2.05, 4.69) is 0 Å². The van der Waals surface area contributed by atoms with Gasteiger partial charge in [0.25, 0.3) is 0 Å². The van der Waals surface area contributed by atoms with Gasteiger partial charge in [0, 0.05) is 16.7 Å². The number of aliphatic hydroxyl groups is 1. The first kappa shape index (κ1) is 26.3. The Kier molecular flexibility index (Phi) is 8.55. The van der Waals surface area contributed by atoms with Crippen molar-refractivity contribution >= 4 is 34.2 Å². The van der Waals surface area contributed by atoms with Gasteiger partial charge < -0.3 is 25.1 Å². The van der Waals surface area contributed by atoms with Gasteiger partial charge in [0.1, 0.15) is 24.2 Å². The van der Waals surface area contributed by atoms with Crippen LogP contribution in [0.4, 0.5) is 10.1 Å². The van der Waals surface area contributed by atoms with Gasteiger partial charge in [0.05, 0.1) is 37.5 Å². The predicted octanol–water partition coefficient (Wildman–Crippen LogP) is 3.60. The highest BCUT2D eigenvalue weighted by molar-refractivity contribution is 7.86. The number of halogens is 2. The molecule has 0 aliphatic carbocycles. The first-order valence-electron chi connectivity index (χ1n) is 10.2. The van der Waals surface area contributed by atoms with Crippen LogP contribution in [0.25, 0.3) is 0 Å². The number of rotatable bonds is 10. The molecule has 8 nitrogen and oxygen atoms in total. The van der Waals surface area contributed by atoms with E-state index in [1.54, 1.807) is 6.07 Å². The van der Waals surface area contributed by atoms with E-state index in [4.69, 9.17) is 31.5 Å². The lowest BCUT2D eigenvalue weighted by Crippen LogP contribution is -2.36. The third-order valence-corrected chi connectivity index (χ3v) is 6.73. The van der Waals surface area contributed by atoms with Crippen LogP contribution in [0.2, 0.25) is 5.02 Å². The second-order valence-electron chi connectivity index (χ2n) is 7.23. The highest BCUT2D eigenvalue weighted by Gasteiger charge is 2.28. The highest BCUT2D eigenvalue weighted by Crippen LogP contribution is 2.39. The molecule has 0 radical (unpaired) electrons.